The molecule has 16 nitrogen and oxygen atoms in total. The smallest absolute Gasteiger partial charge is 0.329 e. The number of Topliss-reactive ketones (excluding diaryl/α,β-unsaturated/α-hetero) is 3. The predicted molar refractivity (Wildman–Crippen MR) is 281 cm³/mol. The molecule has 4 heterocycles. The lowest BCUT2D eigenvalue weighted by molar-refractivity contribution is -0.265. The fourth-order valence-electron chi connectivity index (χ4n) is 11.6. The van der Waals surface area contributed by atoms with E-state index in [4.69, 9.17) is 33.2 Å². The Kier molecular flexibility index (Phi) is 24.8. The number of allylic oxidation sites excluding steroid dienone is 6. The van der Waals surface area contributed by atoms with Crippen molar-refractivity contribution < 1.29 is 67.3 Å². The standard InChI is InChI=1S/C58H92N2O14/c1-37-17-12-11-13-18-38(2)49(68-8)35-45-22-20-43(7)58(67,74-45)55(64)56(65)60-25-15-14-19-46(60)57(66)73-50(36-47(61)39(3)32-42(6)53(63)54(70-10)52(62)41(5)31-37)40(4)33-44-21-23-48(51(34-44)69-9)72-28-16-24-59-26-29-71-30-27-59/h11-13,17-18,32,37,39-41,43-46,48-51,53-54,63,67H,14-16,19-31,33-36H2,1-10H3/b13-11?,17-12+,38-18?,42-32+/t37-,39-,40-,41-,43-,44+,45+,46+,48-,49+,50+,51-,53-,54+,58-/m1/s1. The number of hydrogen-bond donors (Lipinski definition) is 2. The molecule has 16 heteroatoms. The highest BCUT2D eigenvalue weighted by molar-refractivity contribution is 6.39. The highest BCUT2D eigenvalue weighted by atomic mass is 16.6. The number of ether oxygens (including phenoxy) is 7. The van der Waals surface area contributed by atoms with Gasteiger partial charge in [-0.1, -0.05) is 71.1 Å². The average molecular weight is 1040 g/mol. The SMILES string of the molecule is CO[C@H]1C[C@@H]2CC[C@@H](C)[C@@](O)(O2)C(=O)C(=O)N2CCCC[C@H]2C(=O)O[C@H]([C@H](C)C[C@@H]2CC[C@@H](OCCCN3CCOCC3)[C@H](OC)C2)CC(=O)[C@H](C)/C=C(\C)[C@@H](O)[C@@H](OC)C(=O)[C@H](C)C[C@H](C)/C=C/C=CC=C1C. The third kappa shape index (κ3) is 17.0. The van der Waals surface area contributed by atoms with Gasteiger partial charge in [-0.15, -0.1) is 0 Å². The maximum atomic E-state index is 14.6. The van der Waals surface area contributed by atoms with Crippen LogP contribution in [0.5, 0.6) is 0 Å². The van der Waals surface area contributed by atoms with E-state index < -0.39 is 77.8 Å². The molecular formula is C58H92N2O14. The first-order valence-electron chi connectivity index (χ1n) is 27.7. The van der Waals surface area contributed by atoms with E-state index in [0.717, 1.165) is 64.1 Å². The van der Waals surface area contributed by atoms with Gasteiger partial charge in [-0.3, -0.25) is 24.1 Å². The molecule has 0 aromatic heterocycles. The quantitative estimate of drug-likeness (QED) is 0.0935. The number of aliphatic hydroxyl groups is 2. The number of piperidine rings is 1. The molecule has 0 radical (unpaired) electrons. The number of hydrogen-bond acceptors (Lipinski definition) is 15. The molecule has 1 saturated carbocycles. The average Bonchev–Trinajstić information content (AvgIpc) is 3.39. The van der Waals surface area contributed by atoms with Gasteiger partial charge in [0.05, 0.1) is 37.6 Å². The maximum Gasteiger partial charge on any atom is 0.329 e. The van der Waals surface area contributed by atoms with E-state index >= 15 is 0 Å². The summed E-state index contributed by atoms with van der Waals surface area (Å²) in [5.74, 6) is -7.79. The van der Waals surface area contributed by atoms with Crippen LogP contribution >= 0.6 is 0 Å². The number of nitrogens with zero attached hydrogens (tertiary/aromatic N) is 2. The number of rotatable bonds is 11. The van der Waals surface area contributed by atoms with Gasteiger partial charge in [0.1, 0.15) is 30.1 Å². The van der Waals surface area contributed by atoms with E-state index in [1.54, 1.807) is 41.1 Å². The number of methoxy groups -OCH3 is 3. The van der Waals surface area contributed by atoms with Crippen molar-refractivity contribution in [2.45, 2.75) is 186 Å². The van der Waals surface area contributed by atoms with Crippen molar-refractivity contribution in [1.29, 1.82) is 0 Å². The van der Waals surface area contributed by atoms with Crippen molar-refractivity contribution in [3.05, 3.63) is 47.6 Å². The predicted octanol–water partition coefficient (Wildman–Crippen LogP) is 6.93. The highest BCUT2D eigenvalue weighted by Crippen LogP contribution is 2.38. The summed E-state index contributed by atoms with van der Waals surface area (Å²) in [6.07, 6.45) is 13.6. The monoisotopic (exact) mass is 1040 g/mol. The Hall–Kier alpha value is -3.45. The molecule has 74 heavy (non-hydrogen) atoms. The van der Waals surface area contributed by atoms with E-state index in [9.17, 15) is 34.2 Å². The number of carbonyl (C=O) groups is 5. The molecule has 0 aromatic rings. The van der Waals surface area contributed by atoms with Crippen molar-refractivity contribution in [2.75, 3.05) is 67.3 Å². The fourth-order valence-corrected chi connectivity index (χ4v) is 11.6. The minimum absolute atomic E-state index is 0.0195. The second kappa shape index (κ2) is 29.9. The van der Waals surface area contributed by atoms with Gasteiger partial charge in [0, 0.05) is 84.7 Å². The van der Waals surface area contributed by atoms with Crippen LogP contribution in [0.25, 0.3) is 0 Å². The van der Waals surface area contributed by atoms with Gasteiger partial charge in [0.25, 0.3) is 11.7 Å². The molecule has 2 bridgehead atoms. The summed E-state index contributed by atoms with van der Waals surface area (Å²) in [4.78, 5) is 75.1. The Labute approximate surface area is 441 Å². The molecule has 4 aliphatic heterocycles. The summed E-state index contributed by atoms with van der Waals surface area (Å²) in [6, 6.07) is -1.13. The van der Waals surface area contributed by atoms with Crippen molar-refractivity contribution in [2.24, 2.45) is 35.5 Å². The van der Waals surface area contributed by atoms with Gasteiger partial charge in [0.15, 0.2) is 5.78 Å². The number of amides is 1. The first kappa shape index (κ1) is 61.4. The van der Waals surface area contributed by atoms with Gasteiger partial charge >= 0.3 is 5.97 Å². The van der Waals surface area contributed by atoms with E-state index in [1.807, 2.05) is 58.1 Å². The number of carbonyl (C=O) groups excluding carboxylic acids is 5. The first-order valence-corrected chi connectivity index (χ1v) is 27.7. The van der Waals surface area contributed by atoms with E-state index in [0.29, 0.717) is 57.1 Å². The van der Waals surface area contributed by atoms with Crippen LogP contribution in [0.3, 0.4) is 0 Å². The van der Waals surface area contributed by atoms with E-state index in [-0.39, 0.29) is 60.9 Å². The van der Waals surface area contributed by atoms with Crippen molar-refractivity contribution in [3.63, 3.8) is 0 Å². The van der Waals surface area contributed by atoms with Crippen molar-refractivity contribution in [3.8, 4) is 0 Å². The fraction of sp³-hybridized carbons (Fsp3) is 0.776. The number of aliphatic hydroxyl groups excluding tert-OH is 1. The zero-order valence-electron chi connectivity index (χ0n) is 46.4. The largest absolute Gasteiger partial charge is 0.460 e. The van der Waals surface area contributed by atoms with Crippen LogP contribution in [-0.4, -0.2) is 171 Å². The molecule has 418 valence electrons. The number of cyclic esters (lactones) is 1. The highest BCUT2D eigenvalue weighted by Gasteiger charge is 2.53. The normalized spacial score (nSPS) is 37.3. The molecule has 5 rings (SSSR count). The molecule has 0 aromatic carbocycles. The molecule has 1 amide bonds. The zero-order chi connectivity index (χ0) is 54.1. The zero-order valence-corrected chi connectivity index (χ0v) is 46.4. The van der Waals surface area contributed by atoms with Gasteiger partial charge < -0.3 is 48.3 Å². The van der Waals surface area contributed by atoms with Crippen LogP contribution in [-0.2, 0) is 57.1 Å². The number of esters is 1. The lowest BCUT2D eigenvalue weighted by Crippen LogP contribution is -2.61. The Morgan fingerprint density at radius 3 is 2.27 bits per heavy atom. The van der Waals surface area contributed by atoms with Crippen LogP contribution in [0.15, 0.2) is 47.6 Å². The van der Waals surface area contributed by atoms with Crippen LogP contribution in [0.2, 0.25) is 0 Å². The Bertz CT molecular complexity index is 1960. The molecule has 3 saturated heterocycles. The van der Waals surface area contributed by atoms with E-state index in [1.165, 1.54) is 12.0 Å². The first-order chi connectivity index (χ1) is 35.3. The molecule has 0 spiro atoms. The van der Waals surface area contributed by atoms with Gasteiger partial charge in [-0.25, -0.2) is 4.79 Å². The molecule has 15 atom stereocenters. The van der Waals surface area contributed by atoms with Crippen molar-refractivity contribution >= 4 is 29.2 Å². The maximum absolute atomic E-state index is 14.6. The summed E-state index contributed by atoms with van der Waals surface area (Å²) in [5, 5.41) is 23.6. The van der Waals surface area contributed by atoms with Crippen LogP contribution in [0, 0.1) is 35.5 Å². The third-order valence-electron chi connectivity index (χ3n) is 16.5. The Balaban J connectivity index is 1.40. The van der Waals surface area contributed by atoms with Crippen LogP contribution < -0.4 is 0 Å². The summed E-state index contributed by atoms with van der Waals surface area (Å²) in [6.45, 7) is 17.9. The summed E-state index contributed by atoms with van der Waals surface area (Å²) >= 11 is 0. The molecule has 1 aliphatic carbocycles. The summed E-state index contributed by atoms with van der Waals surface area (Å²) in [5.41, 5.74) is 1.28. The topological polar surface area (TPSA) is 197 Å². The van der Waals surface area contributed by atoms with E-state index in [2.05, 4.69) is 4.90 Å². The lowest BCUT2D eigenvalue weighted by Gasteiger charge is -2.42. The van der Waals surface area contributed by atoms with Gasteiger partial charge in [-0.05, 0) is 113 Å². The lowest BCUT2D eigenvalue weighted by atomic mass is 9.78. The van der Waals surface area contributed by atoms with Crippen molar-refractivity contribution in [1.82, 2.24) is 9.80 Å². The Morgan fingerprint density at radius 1 is 0.824 bits per heavy atom. The second-order valence-corrected chi connectivity index (χ2v) is 22.2. The molecule has 2 N–H and O–H groups in total. The molecular weight excluding hydrogens is 949 g/mol. The minimum Gasteiger partial charge on any atom is -0.460 e. The number of ketones is 3. The van der Waals surface area contributed by atoms with Gasteiger partial charge in [-0.2, -0.15) is 0 Å². The number of fused-ring (bicyclic) bond motifs is 3. The second-order valence-electron chi connectivity index (χ2n) is 22.2. The molecule has 4 fully saturated rings. The van der Waals surface area contributed by atoms with Crippen LogP contribution in [0.1, 0.15) is 132 Å². The summed E-state index contributed by atoms with van der Waals surface area (Å²) < 4.78 is 41.9. The molecule has 5 aliphatic rings. The third-order valence-corrected chi connectivity index (χ3v) is 16.5. The Morgan fingerprint density at radius 2 is 1.57 bits per heavy atom. The summed E-state index contributed by atoms with van der Waals surface area (Å²) in [7, 11) is 4.68. The number of morpholine rings is 1. The van der Waals surface area contributed by atoms with Crippen LogP contribution in [0.4, 0.5) is 0 Å². The minimum atomic E-state index is -2.43. The molecule has 0 unspecified atom stereocenters. The van der Waals surface area contributed by atoms with Gasteiger partial charge in [0.2, 0.25) is 5.79 Å².